The summed E-state index contributed by atoms with van der Waals surface area (Å²) in [5.41, 5.74) is 0. The average Bonchev–Trinajstić information content (AvgIpc) is 2.60. The van der Waals surface area contributed by atoms with Gasteiger partial charge in [0.15, 0.2) is 0 Å². The number of amides is 2. The summed E-state index contributed by atoms with van der Waals surface area (Å²) >= 11 is 0. The fourth-order valence-corrected chi connectivity index (χ4v) is 1.49. The molecule has 1 heterocycles. The molecule has 2 amide bonds. The third-order valence-corrected chi connectivity index (χ3v) is 2.35. The van der Waals surface area contributed by atoms with E-state index in [9.17, 15) is 9.59 Å². The zero-order chi connectivity index (χ0) is 10.6. The maximum absolute atomic E-state index is 11.5. The number of hydrogen-bond donors (Lipinski definition) is 1. The van der Waals surface area contributed by atoms with Crippen molar-refractivity contribution in [1.29, 1.82) is 0 Å². The van der Waals surface area contributed by atoms with Crippen molar-refractivity contribution in [3.63, 3.8) is 0 Å². The number of alkyl carbamates (subject to hydrolysis) is 1. The van der Waals surface area contributed by atoms with Gasteiger partial charge >= 0.3 is 6.09 Å². The Bertz CT molecular complexity index is 230. The van der Waals surface area contributed by atoms with E-state index in [1.54, 1.807) is 4.90 Å². The Balaban J connectivity index is 2.25. The van der Waals surface area contributed by atoms with Gasteiger partial charge in [0.25, 0.3) is 0 Å². The molecule has 1 aliphatic rings. The molecule has 0 unspecified atom stereocenters. The number of likely N-dealkylation sites (tertiary alicyclic amines) is 1. The molecule has 1 saturated heterocycles. The normalized spacial score (nSPS) is 20.7. The molecule has 1 atom stereocenters. The van der Waals surface area contributed by atoms with E-state index in [1.165, 1.54) is 7.11 Å². The lowest BCUT2D eigenvalue weighted by Crippen LogP contribution is -2.38. The third-order valence-electron chi connectivity index (χ3n) is 2.35. The Morgan fingerprint density at radius 2 is 2.29 bits per heavy atom. The highest BCUT2D eigenvalue weighted by atomic mass is 16.5. The van der Waals surface area contributed by atoms with Crippen LogP contribution < -0.4 is 5.32 Å². The van der Waals surface area contributed by atoms with Crippen molar-refractivity contribution < 1.29 is 14.3 Å². The van der Waals surface area contributed by atoms with Crippen LogP contribution >= 0.6 is 0 Å². The van der Waals surface area contributed by atoms with Crippen LogP contribution in [0.25, 0.3) is 0 Å². The lowest BCUT2D eigenvalue weighted by molar-refractivity contribution is -0.129. The van der Waals surface area contributed by atoms with E-state index in [-0.39, 0.29) is 12.5 Å². The minimum Gasteiger partial charge on any atom is -0.453 e. The van der Waals surface area contributed by atoms with Gasteiger partial charge in [-0.05, 0) is 12.3 Å². The molecule has 0 aliphatic carbocycles. The summed E-state index contributed by atoms with van der Waals surface area (Å²) < 4.78 is 4.36. The van der Waals surface area contributed by atoms with E-state index in [4.69, 9.17) is 0 Å². The first-order valence-corrected chi connectivity index (χ1v) is 4.73. The molecule has 0 aromatic carbocycles. The second-order valence-electron chi connectivity index (χ2n) is 3.58. The van der Waals surface area contributed by atoms with Gasteiger partial charge in [0.1, 0.15) is 6.54 Å². The first-order valence-electron chi connectivity index (χ1n) is 4.73. The Morgan fingerprint density at radius 1 is 1.57 bits per heavy atom. The predicted molar refractivity (Wildman–Crippen MR) is 50.8 cm³/mol. The fourth-order valence-electron chi connectivity index (χ4n) is 1.49. The second-order valence-corrected chi connectivity index (χ2v) is 3.58. The molecule has 80 valence electrons. The monoisotopic (exact) mass is 200 g/mol. The summed E-state index contributed by atoms with van der Waals surface area (Å²) in [7, 11) is 1.28. The van der Waals surface area contributed by atoms with E-state index < -0.39 is 6.09 Å². The maximum atomic E-state index is 11.5. The largest absolute Gasteiger partial charge is 0.453 e. The van der Waals surface area contributed by atoms with Gasteiger partial charge in [-0.25, -0.2) is 4.79 Å². The Morgan fingerprint density at radius 3 is 2.79 bits per heavy atom. The van der Waals surface area contributed by atoms with Gasteiger partial charge in [-0.1, -0.05) is 6.92 Å². The minimum absolute atomic E-state index is 0.0272. The van der Waals surface area contributed by atoms with Crippen molar-refractivity contribution in [1.82, 2.24) is 10.2 Å². The molecule has 1 N–H and O–H groups in total. The first kappa shape index (κ1) is 10.8. The van der Waals surface area contributed by atoms with Crippen LogP contribution in [0.1, 0.15) is 13.3 Å². The maximum Gasteiger partial charge on any atom is 0.407 e. The summed E-state index contributed by atoms with van der Waals surface area (Å²) in [6.45, 7) is 3.73. The Labute approximate surface area is 83.4 Å². The van der Waals surface area contributed by atoms with Crippen molar-refractivity contribution in [3.8, 4) is 0 Å². The van der Waals surface area contributed by atoms with Crippen LogP contribution in [-0.2, 0) is 9.53 Å². The molecule has 0 aromatic rings. The van der Waals surface area contributed by atoms with E-state index in [0.717, 1.165) is 19.5 Å². The number of nitrogens with one attached hydrogen (secondary N) is 1. The van der Waals surface area contributed by atoms with Crippen LogP contribution in [0.4, 0.5) is 4.79 Å². The van der Waals surface area contributed by atoms with Crippen LogP contribution in [0.2, 0.25) is 0 Å². The zero-order valence-corrected chi connectivity index (χ0v) is 8.58. The fraction of sp³-hybridized carbons (Fsp3) is 0.778. The van der Waals surface area contributed by atoms with Crippen molar-refractivity contribution in [2.45, 2.75) is 13.3 Å². The van der Waals surface area contributed by atoms with E-state index in [0.29, 0.717) is 5.92 Å². The molecule has 5 heteroatoms. The number of methoxy groups -OCH3 is 1. The summed E-state index contributed by atoms with van der Waals surface area (Å²) in [6.07, 6.45) is 0.481. The zero-order valence-electron chi connectivity index (χ0n) is 8.58. The van der Waals surface area contributed by atoms with Gasteiger partial charge < -0.3 is 15.0 Å². The summed E-state index contributed by atoms with van der Waals surface area (Å²) in [5, 5.41) is 2.37. The molecule has 1 fully saturated rings. The molecule has 0 spiro atoms. The van der Waals surface area contributed by atoms with Crippen LogP contribution in [0.3, 0.4) is 0 Å². The van der Waals surface area contributed by atoms with Gasteiger partial charge in [0, 0.05) is 13.1 Å². The Kier molecular flexibility index (Phi) is 3.73. The van der Waals surface area contributed by atoms with Crippen LogP contribution in [0, 0.1) is 5.92 Å². The smallest absolute Gasteiger partial charge is 0.407 e. The molecule has 0 bridgehead atoms. The molecule has 0 radical (unpaired) electrons. The summed E-state index contributed by atoms with van der Waals surface area (Å²) in [6, 6.07) is 0. The van der Waals surface area contributed by atoms with Gasteiger partial charge in [-0.15, -0.1) is 0 Å². The molecule has 5 nitrogen and oxygen atoms in total. The van der Waals surface area contributed by atoms with Gasteiger partial charge in [0.2, 0.25) is 5.91 Å². The number of hydrogen-bond acceptors (Lipinski definition) is 3. The standard InChI is InChI=1S/C9H16N2O3/c1-7-3-4-11(6-7)8(12)5-10-9(13)14-2/h7H,3-6H2,1-2H3,(H,10,13)/t7-/m0/s1. The van der Waals surface area contributed by atoms with Crippen molar-refractivity contribution in [2.75, 3.05) is 26.7 Å². The topological polar surface area (TPSA) is 58.6 Å². The van der Waals surface area contributed by atoms with Crippen molar-refractivity contribution in [2.24, 2.45) is 5.92 Å². The molecule has 1 aliphatic heterocycles. The third kappa shape index (κ3) is 2.90. The lowest BCUT2D eigenvalue weighted by atomic mass is 10.2. The number of rotatable bonds is 2. The molecule has 1 rings (SSSR count). The van der Waals surface area contributed by atoms with Crippen molar-refractivity contribution in [3.05, 3.63) is 0 Å². The second kappa shape index (κ2) is 4.83. The average molecular weight is 200 g/mol. The molecule has 0 aromatic heterocycles. The van der Waals surface area contributed by atoms with Crippen molar-refractivity contribution >= 4 is 12.0 Å². The number of carbonyl (C=O) groups is 2. The van der Waals surface area contributed by atoms with Gasteiger partial charge in [0.05, 0.1) is 7.11 Å². The SMILES string of the molecule is COC(=O)NCC(=O)N1CC[C@H](C)C1. The summed E-state index contributed by atoms with van der Waals surface area (Å²) in [5.74, 6) is 0.525. The van der Waals surface area contributed by atoms with E-state index in [2.05, 4.69) is 17.0 Å². The molecular weight excluding hydrogens is 184 g/mol. The first-order chi connectivity index (χ1) is 6.63. The van der Waals surface area contributed by atoms with Crippen LogP contribution in [-0.4, -0.2) is 43.6 Å². The van der Waals surface area contributed by atoms with Crippen LogP contribution in [0.15, 0.2) is 0 Å². The highest BCUT2D eigenvalue weighted by molar-refractivity contribution is 5.82. The lowest BCUT2D eigenvalue weighted by Gasteiger charge is -2.15. The quantitative estimate of drug-likeness (QED) is 0.693. The highest BCUT2D eigenvalue weighted by Gasteiger charge is 2.22. The molecule has 14 heavy (non-hydrogen) atoms. The van der Waals surface area contributed by atoms with Gasteiger partial charge in [-0.2, -0.15) is 0 Å². The van der Waals surface area contributed by atoms with E-state index >= 15 is 0 Å². The number of carbonyl (C=O) groups excluding carboxylic acids is 2. The molecular formula is C9H16N2O3. The predicted octanol–water partition coefficient (Wildman–Crippen LogP) is 0.211. The van der Waals surface area contributed by atoms with Crippen LogP contribution in [0.5, 0.6) is 0 Å². The molecule has 0 saturated carbocycles. The summed E-state index contributed by atoms with van der Waals surface area (Å²) in [4.78, 5) is 23.9. The minimum atomic E-state index is -0.564. The Hall–Kier alpha value is -1.26. The van der Waals surface area contributed by atoms with Gasteiger partial charge in [-0.3, -0.25) is 4.79 Å². The number of ether oxygens (including phenoxy) is 1. The van der Waals surface area contributed by atoms with E-state index in [1.807, 2.05) is 0 Å². The number of nitrogens with zero attached hydrogens (tertiary/aromatic N) is 1. The highest BCUT2D eigenvalue weighted by Crippen LogP contribution is 2.14.